The molecule has 0 fully saturated rings. The van der Waals surface area contributed by atoms with Crippen LogP contribution in [0.4, 0.5) is 0 Å². The zero-order chi connectivity index (χ0) is 14.7. The van der Waals surface area contributed by atoms with E-state index >= 15 is 0 Å². The van der Waals surface area contributed by atoms with Crippen LogP contribution in [0.1, 0.15) is 16.8 Å². The third-order valence-corrected chi connectivity index (χ3v) is 3.41. The Kier molecular flexibility index (Phi) is 3.60. The van der Waals surface area contributed by atoms with Crippen LogP contribution in [0.2, 0.25) is 0 Å². The number of Topliss-reactive ketones (excluding diaryl/α,β-unsaturated/α-hetero) is 1. The average molecular weight is 278 g/mol. The van der Waals surface area contributed by atoms with Gasteiger partial charge in [0.2, 0.25) is 0 Å². The highest BCUT2D eigenvalue weighted by Crippen LogP contribution is 2.10. The number of fused-ring (bicyclic) bond motifs is 1. The summed E-state index contributed by atoms with van der Waals surface area (Å²) in [6.45, 7) is 0.357. The van der Waals surface area contributed by atoms with Crippen molar-refractivity contribution in [1.82, 2.24) is 9.55 Å². The number of para-hydroxylation sites is 2. The highest BCUT2D eigenvalue weighted by atomic mass is 16.1. The fourth-order valence-electron chi connectivity index (χ4n) is 2.33. The Morgan fingerprint density at radius 1 is 1.00 bits per heavy atom. The summed E-state index contributed by atoms with van der Waals surface area (Å²) in [7, 11) is 0. The third-order valence-electron chi connectivity index (χ3n) is 3.41. The molecule has 0 aliphatic carbocycles. The minimum absolute atomic E-state index is 0.0309. The van der Waals surface area contributed by atoms with Gasteiger partial charge in [-0.3, -0.25) is 9.59 Å². The van der Waals surface area contributed by atoms with E-state index in [9.17, 15) is 9.59 Å². The normalized spacial score (nSPS) is 10.7. The molecule has 0 aliphatic heterocycles. The van der Waals surface area contributed by atoms with Gasteiger partial charge in [0.1, 0.15) is 0 Å². The van der Waals surface area contributed by atoms with Crippen LogP contribution in [-0.4, -0.2) is 15.3 Å². The van der Waals surface area contributed by atoms with Gasteiger partial charge in [0.25, 0.3) is 5.56 Å². The summed E-state index contributed by atoms with van der Waals surface area (Å²) in [6.07, 6.45) is 1.59. The van der Waals surface area contributed by atoms with Crippen molar-refractivity contribution >= 4 is 16.8 Å². The van der Waals surface area contributed by atoms with Crippen molar-refractivity contribution in [2.75, 3.05) is 0 Å². The predicted molar refractivity (Wildman–Crippen MR) is 81.4 cm³/mol. The lowest BCUT2D eigenvalue weighted by molar-refractivity contribution is 0.0977. The number of carbonyl (C=O) groups is 1. The number of benzene rings is 2. The molecule has 104 valence electrons. The molecular formula is C17H14N2O2. The Morgan fingerprint density at radius 2 is 1.71 bits per heavy atom. The molecule has 21 heavy (non-hydrogen) atoms. The van der Waals surface area contributed by atoms with Crippen molar-refractivity contribution in [3.8, 4) is 0 Å². The van der Waals surface area contributed by atoms with Gasteiger partial charge in [0, 0.05) is 18.5 Å². The van der Waals surface area contributed by atoms with E-state index in [1.807, 2.05) is 42.5 Å². The van der Waals surface area contributed by atoms with Crippen LogP contribution in [0.3, 0.4) is 0 Å². The molecule has 0 saturated heterocycles. The standard InChI is InChI=1S/C17H14N2O2/c20-16(13-6-2-1-3-7-13)10-11-19-15-9-5-4-8-14(15)18-12-17(19)21/h1-9,12H,10-11H2. The molecule has 0 atom stereocenters. The van der Waals surface area contributed by atoms with E-state index in [1.54, 1.807) is 16.7 Å². The lowest BCUT2D eigenvalue weighted by atomic mass is 10.1. The van der Waals surface area contributed by atoms with Crippen LogP contribution >= 0.6 is 0 Å². The lowest BCUT2D eigenvalue weighted by Gasteiger charge is -2.08. The topological polar surface area (TPSA) is 52.0 Å². The molecule has 2 aromatic carbocycles. The molecule has 3 aromatic rings. The SMILES string of the molecule is O=C(CCn1c(=O)cnc2ccccc21)c1ccccc1. The summed E-state index contributed by atoms with van der Waals surface area (Å²) in [5, 5.41) is 0. The quantitative estimate of drug-likeness (QED) is 0.689. The Balaban J connectivity index is 1.87. The molecule has 0 unspecified atom stereocenters. The number of hydrogen-bond acceptors (Lipinski definition) is 3. The number of carbonyl (C=O) groups excluding carboxylic acids is 1. The molecule has 1 heterocycles. The molecule has 0 bridgehead atoms. The highest BCUT2D eigenvalue weighted by molar-refractivity contribution is 5.96. The Hall–Kier alpha value is -2.75. The molecule has 0 amide bonds. The van der Waals surface area contributed by atoms with Crippen molar-refractivity contribution in [2.45, 2.75) is 13.0 Å². The van der Waals surface area contributed by atoms with Crippen LogP contribution < -0.4 is 5.56 Å². The summed E-state index contributed by atoms with van der Waals surface area (Å²) in [5.74, 6) is 0.0309. The van der Waals surface area contributed by atoms with Gasteiger partial charge in [-0.05, 0) is 12.1 Å². The van der Waals surface area contributed by atoms with E-state index in [1.165, 1.54) is 6.20 Å². The Morgan fingerprint density at radius 3 is 2.52 bits per heavy atom. The van der Waals surface area contributed by atoms with Crippen LogP contribution in [0.5, 0.6) is 0 Å². The Bertz CT molecular complexity index is 838. The van der Waals surface area contributed by atoms with E-state index in [0.29, 0.717) is 12.1 Å². The first-order valence-electron chi connectivity index (χ1n) is 6.78. The molecule has 3 rings (SSSR count). The average Bonchev–Trinajstić information content (AvgIpc) is 2.54. The summed E-state index contributed by atoms with van der Waals surface area (Å²) in [5.41, 5.74) is 1.99. The fraction of sp³-hybridized carbons (Fsp3) is 0.118. The molecular weight excluding hydrogens is 264 g/mol. The van der Waals surface area contributed by atoms with Gasteiger partial charge in [0.05, 0.1) is 17.2 Å². The molecule has 4 heteroatoms. The first-order valence-corrected chi connectivity index (χ1v) is 6.78. The van der Waals surface area contributed by atoms with Crippen LogP contribution in [-0.2, 0) is 6.54 Å². The second-order valence-electron chi connectivity index (χ2n) is 4.78. The van der Waals surface area contributed by atoms with Crippen molar-refractivity contribution in [3.63, 3.8) is 0 Å². The van der Waals surface area contributed by atoms with Gasteiger partial charge in [-0.2, -0.15) is 0 Å². The molecule has 1 aromatic heterocycles. The summed E-state index contributed by atoms with van der Waals surface area (Å²) < 4.78 is 1.60. The first kappa shape index (κ1) is 13.2. The minimum atomic E-state index is -0.186. The van der Waals surface area contributed by atoms with Crippen LogP contribution in [0.15, 0.2) is 65.6 Å². The largest absolute Gasteiger partial charge is 0.305 e. The molecule has 0 N–H and O–H groups in total. The predicted octanol–water partition coefficient (Wildman–Crippen LogP) is 2.67. The summed E-state index contributed by atoms with van der Waals surface area (Å²) >= 11 is 0. The second-order valence-corrected chi connectivity index (χ2v) is 4.78. The zero-order valence-corrected chi connectivity index (χ0v) is 11.4. The second kappa shape index (κ2) is 5.71. The fourth-order valence-corrected chi connectivity index (χ4v) is 2.33. The summed E-state index contributed by atoms with van der Waals surface area (Å²) in [6, 6.07) is 16.5. The lowest BCUT2D eigenvalue weighted by Crippen LogP contribution is -2.22. The molecule has 0 spiro atoms. The van der Waals surface area contributed by atoms with Crippen molar-refractivity contribution < 1.29 is 4.79 Å². The maximum Gasteiger partial charge on any atom is 0.269 e. The van der Waals surface area contributed by atoms with Gasteiger partial charge < -0.3 is 4.57 Å². The third kappa shape index (κ3) is 2.74. The molecule has 0 radical (unpaired) electrons. The van der Waals surface area contributed by atoms with Gasteiger partial charge in [-0.25, -0.2) is 4.98 Å². The van der Waals surface area contributed by atoms with E-state index in [4.69, 9.17) is 0 Å². The van der Waals surface area contributed by atoms with Crippen LogP contribution in [0, 0.1) is 0 Å². The minimum Gasteiger partial charge on any atom is -0.305 e. The van der Waals surface area contributed by atoms with E-state index in [2.05, 4.69) is 4.98 Å². The van der Waals surface area contributed by atoms with Gasteiger partial charge in [-0.15, -0.1) is 0 Å². The van der Waals surface area contributed by atoms with Gasteiger partial charge in [-0.1, -0.05) is 42.5 Å². The first-order chi connectivity index (χ1) is 10.3. The number of nitrogens with zero attached hydrogens (tertiary/aromatic N) is 2. The zero-order valence-electron chi connectivity index (χ0n) is 11.4. The summed E-state index contributed by atoms with van der Waals surface area (Å²) in [4.78, 5) is 28.2. The van der Waals surface area contributed by atoms with Crippen molar-refractivity contribution in [2.24, 2.45) is 0 Å². The maximum absolute atomic E-state index is 12.1. The number of ketones is 1. The monoisotopic (exact) mass is 278 g/mol. The number of hydrogen-bond donors (Lipinski definition) is 0. The van der Waals surface area contributed by atoms with Crippen molar-refractivity contribution in [1.29, 1.82) is 0 Å². The van der Waals surface area contributed by atoms with Gasteiger partial charge >= 0.3 is 0 Å². The van der Waals surface area contributed by atoms with Crippen LogP contribution in [0.25, 0.3) is 11.0 Å². The maximum atomic E-state index is 12.1. The molecule has 4 nitrogen and oxygen atoms in total. The van der Waals surface area contributed by atoms with E-state index in [0.717, 1.165) is 11.0 Å². The van der Waals surface area contributed by atoms with Crippen molar-refractivity contribution in [3.05, 3.63) is 76.7 Å². The number of aromatic nitrogens is 2. The van der Waals surface area contributed by atoms with E-state index in [-0.39, 0.29) is 17.8 Å². The van der Waals surface area contributed by atoms with E-state index < -0.39 is 0 Å². The molecule has 0 aliphatic rings. The highest BCUT2D eigenvalue weighted by Gasteiger charge is 2.08. The van der Waals surface area contributed by atoms with Gasteiger partial charge in [0.15, 0.2) is 5.78 Å². The molecule has 0 saturated carbocycles. The number of aryl methyl sites for hydroxylation is 1. The smallest absolute Gasteiger partial charge is 0.269 e. The Labute approximate surface area is 121 Å². The number of rotatable bonds is 4.